The van der Waals surface area contributed by atoms with Crippen LogP contribution in [-0.4, -0.2) is 63.0 Å². The average Bonchev–Trinajstić information content (AvgIpc) is 2.81. The normalized spacial score (nSPS) is 18.4. The van der Waals surface area contributed by atoms with Gasteiger partial charge in [0.1, 0.15) is 0 Å². The number of aromatic amines is 1. The van der Waals surface area contributed by atoms with Gasteiger partial charge in [0.2, 0.25) is 0 Å². The fourth-order valence-electron chi connectivity index (χ4n) is 5.23. The van der Waals surface area contributed by atoms with Gasteiger partial charge in [0.25, 0.3) is 11.5 Å². The molecule has 0 unspecified atom stereocenters. The Morgan fingerprint density at radius 2 is 1.82 bits per heavy atom. The number of pyridine rings is 1. The van der Waals surface area contributed by atoms with Crippen LogP contribution in [0.5, 0.6) is 0 Å². The molecule has 2 aromatic heterocycles. The minimum Gasteiger partial charge on any atom is -0.336 e. The second-order valence-corrected chi connectivity index (χ2v) is 9.96. The molecule has 1 N–H and O–H groups in total. The van der Waals surface area contributed by atoms with E-state index in [0.717, 1.165) is 37.7 Å². The maximum Gasteiger partial charge on any atom is 0.329 e. The number of hydrogen-bond acceptors (Lipinski definition) is 5. The third-order valence-corrected chi connectivity index (χ3v) is 7.14. The SMILES string of the molecule is CCCn1c(=O)[nH]c(=O)c2c(C(=O)N3CCN(CC4CCCCC4)CC3)cc(C(C)C)nc21. The van der Waals surface area contributed by atoms with E-state index >= 15 is 0 Å². The van der Waals surface area contributed by atoms with Crippen molar-refractivity contribution in [2.24, 2.45) is 5.92 Å². The molecule has 0 bridgehead atoms. The molecule has 8 nitrogen and oxygen atoms in total. The summed E-state index contributed by atoms with van der Waals surface area (Å²) < 4.78 is 1.49. The monoisotopic (exact) mass is 455 g/mol. The molecule has 2 aromatic rings. The van der Waals surface area contributed by atoms with Crippen molar-refractivity contribution in [1.29, 1.82) is 0 Å². The highest BCUT2D eigenvalue weighted by molar-refractivity contribution is 6.05. The van der Waals surface area contributed by atoms with Crippen molar-refractivity contribution in [2.75, 3.05) is 32.7 Å². The minimum absolute atomic E-state index is 0.0674. The molecule has 1 saturated carbocycles. The van der Waals surface area contributed by atoms with Crippen molar-refractivity contribution in [3.63, 3.8) is 0 Å². The molecule has 2 aliphatic rings. The second kappa shape index (κ2) is 10.2. The molecule has 33 heavy (non-hydrogen) atoms. The summed E-state index contributed by atoms with van der Waals surface area (Å²) in [7, 11) is 0. The maximum absolute atomic E-state index is 13.6. The molecule has 8 heteroatoms. The Hall–Kier alpha value is -2.48. The van der Waals surface area contributed by atoms with Crippen LogP contribution in [0.4, 0.5) is 0 Å². The lowest BCUT2D eigenvalue weighted by Gasteiger charge is -2.37. The van der Waals surface area contributed by atoms with Crippen molar-refractivity contribution in [3.05, 3.63) is 38.2 Å². The number of carbonyl (C=O) groups is 1. The third kappa shape index (κ3) is 5.05. The van der Waals surface area contributed by atoms with Gasteiger partial charge in [-0.2, -0.15) is 0 Å². The molecular weight excluding hydrogens is 418 g/mol. The number of hydrogen-bond donors (Lipinski definition) is 1. The van der Waals surface area contributed by atoms with Crippen molar-refractivity contribution in [2.45, 2.75) is 71.8 Å². The Labute approximate surface area is 195 Å². The minimum atomic E-state index is -0.538. The van der Waals surface area contributed by atoms with E-state index in [2.05, 4.69) is 14.9 Å². The standard InChI is InChI=1S/C25H37N5O3/c1-4-10-30-22-21(23(31)27-25(30)33)19(15-20(26-22)17(2)3)24(32)29-13-11-28(12-14-29)16-18-8-6-5-7-9-18/h15,17-18H,4-14,16H2,1-3H3,(H,27,31,33). The van der Waals surface area contributed by atoms with Gasteiger partial charge in [-0.15, -0.1) is 0 Å². The molecular formula is C25H37N5O3. The summed E-state index contributed by atoms with van der Waals surface area (Å²) in [4.78, 5) is 50.3. The summed E-state index contributed by atoms with van der Waals surface area (Å²) >= 11 is 0. The predicted octanol–water partition coefficient (Wildman–Crippen LogP) is 2.96. The molecule has 3 heterocycles. The van der Waals surface area contributed by atoms with Gasteiger partial charge in [-0.3, -0.25) is 24.0 Å². The van der Waals surface area contributed by atoms with Gasteiger partial charge in [-0.25, -0.2) is 9.78 Å². The summed E-state index contributed by atoms with van der Waals surface area (Å²) in [5.41, 5.74) is 0.380. The zero-order valence-corrected chi connectivity index (χ0v) is 20.2. The Bertz CT molecular complexity index is 1110. The molecule has 1 amide bonds. The molecule has 0 atom stereocenters. The van der Waals surface area contributed by atoms with E-state index in [9.17, 15) is 14.4 Å². The maximum atomic E-state index is 13.6. The van der Waals surface area contributed by atoms with Crippen LogP contribution in [0.3, 0.4) is 0 Å². The third-order valence-electron chi connectivity index (χ3n) is 7.14. The predicted molar refractivity (Wildman–Crippen MR) is 130 cm³/mol. The summed E-state index contributed by atoms with van der Waals surface area (Å²) in [6.07, 6.45) is 7.41. The first kappa shape index (κ1) is 23.7. The highest BCUT2D eigenvalue weighted by Gasteiger charge is 2.28. The zero-order valence-electron chi connectivity index (χ0n) is 20.2. The van der Waals surface area contributed by atoms with Gasteiger partial charge in [-0.05, 0) is 37.2 Å². The number of fused-ring (bicyclic) bond motifs is 1. The van der Waals surface area contributed by atoms with E-state index in [1.165, 1.54) is 36.7 Å². The molecule has 0 aromatic carbocycles. The van der Waals surface area contributed by atoms with E-state index in [0.29, 0.717) is 30.8 Å². The van der Waals surface area contributed by atoms with Gasteiger partial charge >= 0.3 is 5.69 Å². The zero-order chi connectivity index (χ0) is 23.5. The van der Waals surface area contributed by atoms with E-state index in [1.807, 2.05) is 25.7 Å². The highest BCUT2D eigenvalue weighted by Crippen LogP contribution is 2.25. The fraction of sp³-hybridized carbons (Fsp3) is 0.680. The topological polar surface area (TPSA) is 91.3 Å². The van der Waals surface area contributed by atoms with E-state index in [1.54, 1.807) is 6.07 Å². The molecule has 1 aliphatic carbocycles. The second-order valence-electron chi connectivity index (χ2n) is 9.96. The molecule has 2 fully saturated rings. The smallest absolute Gasteiger partial charge is 0.329 e. The lowest BCUT2D eigenvalue weighted by molar-refractivity contribution is 0.0607. The summed E-state index contributed by atoms with van der Waals surface area (Å²) in [6, 6.07) is 1.75. The van der Waals surface area contributed by atoms with Crippen molar-refractivity contribution >= 4 is 16.9 Å². The Kier molecular flexibility index (Phi) is 7.32. The largest absolute Gasteiger partial charge is 0.336 e. The Morgan fingerprint density at radius 3 is 2.45 bits per heavy atom. The average molecular weight is 456 g/mol. The highest BCUT2D eigenvalue weighted by atomic mass is 16.2. The van der Waals surface area contributed by atoms with Crippen LogP contribution in [0.15, 0.2) is 15.7 Å². The van der Waals surface area contributed by atoms with Gasteiger partial charge in [-0.1, -0.05) is 40.0 Å². The van der Waals surface area contributed by atoms with Gasteiger partial charge in [0, 0.05) is 45.0 Å². The lowest BCUT2D eigenvalue weighted by Crippen LogP contribution is -2.50. The van der Waals surface area contributed by atoms with Crippen LogP contribution in [-0.2, 0) is 6.54 Å². The van der Waals surface area contributed by atoms with Gasteiger partial charge in [0.15, 0.2) is 5.65 Å². The number of carbonyl (C=O) groups excluding carboxylic acids is 1. The molecule has 180 valence electrons. The summed E-state index contributed by atoms with van der Waals surface area (Å²) in [5, 5.41) is 0.224. The first-order valence-electron chi connectivity index (χ1n) is 12.6. The quantitative estimate of drug-likeness (QED) is 0.723. The first-order valence-corrected chi connectivity index (χ1v) is 12.6. The van der Waals surface area contributed by atoms with Gasteiger partial charge < -0.3 is 4.90 Å². The number of nitrogens with one attached hydrogen (secondary N) is 1. The number of aryl methyl sites for hydroxylation is 1. The number of aromatic nitrogens is 3. The van der Waals surface area contributed by atoms with Crippen molar-refractivity contribution < 1.29 is 4.79 Å². The lowest BCUT2D eigenvalue weighted by atomic mass is 9.89. The number of rotatable bonds is 6. The molecule has 1 saturated heterocycles. The molecule has 0 radical (unpaired) electrons. The number of piperazine rings is 1. The van der Waals surface area contributed by atoms with Crippen LogP contribution in [0, 0.1) is 5.92 Å². The number of amides is 1. The van der Waals surface area contributed by atoms with Crippen molar-refractivity contribution in [1.82, 2.24) is 24.3 Å². The van der Waals surface area contributed by atoms with Crippen LogP contribution in [0.25, 0.3) is 11.0 Å². The number of nitrogens with zero attached hydrogens (tertiary/aromatic N) is 4. The van der Waals surface area contributed by atoms with Gasteiger partial charge in [0.05, 0.1) is 10.9 Å². The van der Waals surface area contributed by atoms with Crippen LogP contribution in [0.2, 0.25) is 0 Å². The first-order chi connectivity index (χ1) is 15.9. The van der Waals surface area contributed by atoms with Crippen LogP contribution in [0.1, 0.15) is 81.3 Å². The number of H-pyrrole nitrogens is 1. The van der Waals surface area contributed by atoms with Crippen LogP contribution < -0.4 is 11.2 Å². The fourth-order valence-corrected chi connectivity index (χ4v) is 5.23. The molecule has 0 spiro atoms. The molecule has 1 aliphatic heterocycles. The molecule has 4 rings (SSSR count). The van der Waals surface area contributed by atoms with Crippen molar-refractivity contribution in [3.8, 4) is 0 Å². The van der Waals surface area contributed by atoms with E-state index < -0.39 is 11.2 Å². The summed E-state index contributed by atoms with van der Waals surface area (Å²) in [6.45, 7) is 10.6. The summed E-state index contributed by atoms with van der Waals surface area (Å²) in [5.74, 6) is 0.708. The van der Waals surface area contributed by atoms with Crippen LogP contribution >= 0.6 is 0 Å². The van der Waals surface area contributed by atoms with E-state index in [-0.39, 0.29) is 17.2 Å². The van der Waals surface area contributed by atoms with E-state index in [4.69, 9.17) is 0 Å². The Morgan fingerprint density at radius 1 is 1.12 bits per heavy atom. The Balaban J connectivity index is 1.62.